The Morgan fingerprint density at radius 2 is 2.47 bits per heavy atom. The molecular weight excluding hydrogens is 188 g/mol. The van der Waals surface area contributed by atoms with E-state index >= 15 is 0 Å². The standard InChI is InChI=1S/C12H14N2O/c1-2-10(7-13-4-1)11-6-9-3-5-15-12(9)8-14-11/h3,5-6,8,10,13H,1-2,4,7H2. The van der Waals surface area contributed by atoms with Crippen molar-refractivity contribution >= 4 is 11.0 Å². The van der Waals surface area contributed by atoms with Crippen molar-refractivity contribution in [3.63, 3.8) is 0 Å². The molecule has 15 heavy (non-hydrogen) atoms. The van der Waals surface area contributed by atoms with Crippen LogP contribution in [0.4, 0.5) is 0 Å². The number of rotatable bonds is 1. The fraction of sp³-hybridized carbons (Fsp3) is 0.417. The summed E-state index contributed by atoms with van der Waals surface area (Å²) in [6.45, 7) is 2.20. The number of nitrogens with zero attached hydrogens (tertiary/aromatic N) is 1. The Morgan fingerprint density at radius 3 is 3.33 bits per heavy atom. The zero-order valence-electron chi connectivity index (χ0n) is 8.57. The van der Waals surface area contributed by atoms with Gasteiger partial charge in [-0.15, -0.1) is 0 Å². The first kappa shape index (κ1) is 8.92. The summed E-state index contributed by atoms with van der Waals surface area (Å²) in [5.74, 6) is 0.568. The summed E-state index contributed by atoms with van der Waals surface area (Å²) in [7, 11) is 0. The molecule has 3 rings (SSSR count). The molecular formula is C12H14N2O. The molecule has 1 saturated heterocycles. The minimum atomic E-state index is 0.568. The van der Waals surface area contributed by atoms with E-state index in [0.29, 0.717) is 5.92 Å². The highest BCUT2D eigenvalue weighted by Gasteiger charge is 2.16. The molecule has 78 valence electrons. The summed E-state index contributed by atoms with van der Waals surface area (Å²) in [4.78, 5) is 4.47. The zero-order chi connectivity index (χ0) is 10.1. The third kappa shape index (κ3) is 1.63. The van der Waals surface area contributed by atoms with Crippen LogP contribution in [-0.2, 0) is 0 Å². The van der Waals surface area contributed by atoms with Crippen molar-refractivity contribution in [3.05, 3.63) is 30.3 Å². The van der Waals surface area contributed by atoms with Gasteiger partial charge in [0.25, 0.3) is 0 Å². The van der Waals surface area contributed by atoms with Gasteiger partial charge in [0, 0.05) is 23.5 Å². The minimum absolute atomic E-state index is 0.568. The van der Waals surface area contributed by atoms with Crippen LogP contribution in [0.5, 0.6) is 0 Å². The highest BCUT2D eigenvalue weighted by Crippen LogP contribution is 2.24. The van der Waals surface area contributed by atoms with E-state index < -0.39 is 0 Å². The Labute approximate surface area is 88.5 Å². The average Bonchev–Trinajstić information content (AvgIpc) is 2.77. The van der Waals surface area contributed by atoms with Crippen LogP contribution >= 0.6 is 0 Å². The second kappa shape index (κ2) is 3.66. The van der Waals surface area contributed by atoms with Crippen LogP contribution in [0.25, 0.3) is 11.0 Å². The summed E-state index contributed by atoms with van der Waals surface area (Å²) < 4.78 is 5.28. The molecule has 1 unspecified atom stereocenters. The number of aromatic nitrogens is 1. The maximum absolute atomic E-state index is 5.28. The van der Waals surface area contributed by atoms with E-state index in [9.17, 15) is 0 Å². The predicted octanol–water partition coefficient (Wildman–Crippen LogP) is 2.29. The van der Waals surface area contributed by atoms with Gasteiger partial charge in [0.2, 0.25) is 0 Å². The van der Waals surface area contributed by atoms with Crippen molar-refractivity contribution in [2.45, 2.75) is 18.8 Å². The summed E-state index contributed by atoms with van der Waals surface area (Å²) in [6, 6.07) is 4.15. The van der Waals surface area contributed by atoms with Gasteiger partial charge >= 0.3 is 0 Å². The van der Waals surface area contributed by atoms with E-state index in [2.05, 4.69) is 16.4 Å². The summed E-state index contributed by atoms with van der Waals surface area (Å²) in [6.07, 6.45) is 6.04. The van der Waals surface area contributed by atoms with Gasteiger partial charge in [-0.25, -0.2) is 0 Å². The molecule has 0 spiro atoms. The number of piperidine rings is 1. The highest BCUT2D eigenvalue weighted by molar-refractivity contribution is 5.76. The Bertz CT molecular complexity index is 457. The van der Waals surface area contributed by atoms with Crippen molar-refractivity contribution in [3.8, 4) is 0 Å². The van der Waals surface area contributed by atoms with Crippen molar-refractivity contribution in [1.29, 1.82) is 0 Å². The average molecular weight is 202 g/mol. The largest absolute Gasteiger partial charge is 0.463 e. The first-order chi connectivity index (χ1) is 7.43. The van der Waals surface area contributed by atoms with Gasteiger partial charge < -0.3 is 9.73 Å². The maximum Gasteiger partial charge on any atom is 0.152 e. The van der Waals surface area contributed by atoms with E-state index in [4.69, 9.17) is 4.42 Å². The second-order valence-electron chi connectivity index (χ2n) is 4.11. The lowest BCUT2D eigenvalue weighted by Gasteiger charge is -2.22. The quantitative estimate of drug-likeness (QED) is 0.771. The Morgan fingerprint density at radius 1 is 1.47 bits per heavy atom. The third-order valence-electron chi connectivity index (χ3n) is 3.08. The van der Waals surface area contributed by atoms with Crippen molar-refractivity contribution in [2.24, 2.45) is 0 Å². The van der Waals surface area contributed by atoms with Gasteiger partial charge in [-0.05, 0) is 31.5 Å². The van der Waals surface area contributed by atoms with Crippen molar-refractivity contribution in [2.75, 3.05) is 13.1 Å². The third-order valence-corrected chi connectivity index (χ3v) is 3.08. The predicted molar refractivity (Wildman–Crippen MR) is 58.9 cm³/mol. The molecule has 0 amide bonds. The molecule has 1 atom stereocenters. The van der Waals surface area contributed by atoms with Crippen LogP contribution in [-0.4, -0.2) is 18.1 Å². The number of nitrogens with one attached hydrogen (secondary N) is 1. The monoisotopic (exact) mass is 202 g/mol. The molecule has 3 heterocycles. The van der Waals surface area contributed by atoms with E-state index in [1.54, 1.807) is 6.26 Å². The van der Waals surface area contributed by atoms with E-state index in [1.165, 1.54) is 18.5 Å². The lowest BCUT2D eigenvalue weighted by atomic mass is 9.95. The normalized spacial score (nSPS) is 22.0. The number of fused-ring (bicyclic) bond motifs is 1. The SMILES string of the molecule is c1cc2cc(C3CCCNC3)ncc2o1. The van der Waals surface area contributed by atoms with Gasteiger partial charge in [-0.1, -0.05) is 0 Å². The molecule has 0 bridgehead atoms. The van der Waals surface area contributed by atoms with Gasteiger partial charge in [0.1, 0.15) is 0 Å². The summed E-state index contributed by atoms with van der Waals surface area (Å²) in [5.41, 5.74) is 2.07. The topological polar surface area (TPSA) is 38.1 Å². The van der Waals surface area contributed by atoms with Crippen molar-refractivity contribution in [1.82, 2.24) is 10.3 Å². The fourth-order valence-corrected chi connectivity index (χ4v) is 2.21. The first-order valence-electron chi connectivity index (χ1n) is 5.47. The molecule has 1 N–H and O–H groups in total. The van der Waals surface area contributed by atoms with Gasteiger partial charge in [0.05, 0.1) is 12.5 Å². The summed E-state index contributed by atoms with van der Waals surface area (Å²) in [5, 5.41) is 4.57. The molecule has 0 saturated carbocycles. The molecule has 2 aromatic heterocycles. The summed E-state index contributed by atoms with van der Waals surface area (Å²) >= 11 is 0. The second-order valence-corrected chi connectivity index (χ2v) is 4.11. The Hall–Kier alpha value is -1.35. The molecule has 1 aliphatic heterocycles. The lowest BCUT2D eigenvalue weighted by Crippen LogP contribution is -2.28. The van der Waals surface area contributed by atoms with Crippen molar-refractivity contribution < 1.29 is 4.42 Å². The van der Waals surface area contributed by atoms with E-state index in [0.717, 1.165) is 24.1 Å². The highest BCUT2D eigenvalue weighted by atomic mass is 16.3. The molecule has 0 radical (unpaired) electrons. The van der Waals surface area contributed by atoms with Gasteiger partial charge in [0.15, 0.2) is 5.58 Å². The molecule has 1 fully saturated rings. The number of hydrogen-bond acceptors (Lipinski definition) is 3. The van der Waals surface area contributed by atoms with E-state index in [-0.39, 0.29) is 0 Å². The van der Waals surface area contributed by atoms with Crippen LogP contribution < -0.4 is 5.32 Å². The zero-order valence-corrected chi connectivity index (χ0v) is 8.57. The first-order valence-corrected chi connectivity index (χ1v) is 5.47. The van der Waals surface area contributed by atoms with Crippen LogP contribution in [0.2, 0.25) is 0 Å². The maximum atomic E-state index is 5.28. The van der Waals surface area contributed by atoms with Crippen LogP contribution in [0, 0.1) is 0 Å². The van der Waals surface area contributed by atoms with Gasteiger partial charge in [-0.2, -0.15) is 0 Å². The number of furan rings is 1. The molecule has 3 nitrogen and oxygen atoms in total. The fourth-order valence-electron chi connectivity index (χ4n) is 2.21. The van der Waals surface area contributed by atoms with Gasteiger partial charge in [-0.3, -0.25) is 4.98 Å². The lowest BCUT2D eigenvalue weighted by molar-refractivity contribution is 0.455. The van der Waals surface area contributed by atoms with Crippen LogP contribution in [0.1, 0.15) is 24.5 Å². The molecule has 1 aliphatic rings. The molecule has 2 aromatic rings. The smallest absolute Gasteiger partial charge is 0.152 e. The van der Waals surface area contributed by atoms with Crippen LogP contribution in [0.3, 0.4) is 0 Å². The Kier molecular flexibility index (Phi) is 2.18. The molecule has 0 aromatic carbocycles. The minimum Gasteiger partial charge on any atom is -0.463 e. The Balaban J connectivity index is 1.95. The number of hydrogen-bond donors (Lipinski definition) is 1. The number of pyridine rings is 1. The van der Waals surface area contributed by atoms with Crippen LogP contribution in [0.15, 0.2) is 29.0 Å². The van der Waals surface area contributed by atoms with E-state index in [1.807, 2.05) is 12.3 Å². The molecule has 0 aliphatic carbocycles. The molecule has 3 heteroatoms.